The summed E-state index contributed by atoms with van der Waals surface area (Å²) < 4.78 is 11.1. The van der Waals surface area contributed by atoms with E-state index < -0.39 is 0 Å². The van der Waals surface area contributed by atoms with Crippen LogP contribution in [0.15, 0.2) is 30.3 Å². The van der Waals surface area contributed by atoms with Gasteiger partial charge in [-0.1, -0.05) is 30.3 Å². The van der Waals surface area contributed by atoms with Crippen molar-refractivity contribution in [1.82, 2.24) is 5.32 Å². The SMILES string of the molecule is c1ccc(COC[C@H]2CNCCO2)cc1. The van der Waals surface area contributed by atoms with E-state index in [9.17, 15) is 0 Å². The van der Waals surface area contributed by atoms with Crippen LogP contribution in [0.3, 0.4) is 0 Å². The van der Waals surface area contributed by atoms with E-state index in [1.807, 2.05) is 18.2 Å². The first-order valence-electron chi connectivity index (χ1n) is 5.39. The van der Waals surface area contributed by atoms with Crippen LogP contribution in [0, 0.1) is 0 Å². The lowest BCUT2D eigenvalue weighted by Gasteiger charge is -2.23. The fourth-order valence-corrected chi connectivity index (χ4v) is 1.61. The topological polar surface area (TPSA) is 30.5 Å². The third kappa shape index (κ3) is 3.63. The Morgan fingerprint density at radius 1 is 1.33 bits per heavy atom. The molecule has 0 spiro atoms. The minimum atomic E-state index is 0.211. The largest absolute Gasteiger partial charge is 0.374 e. The first kappa shape index (κ1) is 10.6. The second kappa shape index (κ2) is 5.85. The van der Waals surface area contributed by atoms with Crippen LogP contribution in [0.2, 0.25) is 0 Å². The molecule has 82 valence electrons. The Balaban J connectivity index is 1.66. The van der Waals surface area contributed by atoms with E-state index in [0.717, 1.165) is 19.7 Å². The molecule has 0 amide bonds. The molecule has 0 radical (unpaired) electrons. The third-order valence-electron chi connectivity index (χ3n) is 2.42. The zero-order valence-electron chi connectivity index (χ0n) is 8.82. The van der Waals surface area contributed by atoms with E-state index in [-0.39, 0.29) is 6.10 Å². The normalized spacial score (nSPS) is 21.5. The van der Waals surface area contributed by atoms with E-state index in [1.54, 1.807) is 0 Å². The monoisotopic (exact) mass is 207 g/mol. The van der Waals surface area contributed by atoms with Gasteiger partial charge in [0.25, 0.3) is 0 Å². The Kier molecular flexibility index (Phi) is 4.14. The summed E-state index contributed by atoms with van der Waals surface area (Å²) >= 11 is 0. The molecular formula is C12H17NO2. The summed E-state index contributed by atoms with van der Waals surface area (Å²) in [6.45, 7) is 3.98. The van der Waals surface area contributed by atoms with Crippen LogP contribution in [0.25, 0.3) is 0 Å². The molecule has 15 heavy (non-hydrogen) atoms. The minimum absolute atomic E-state index is 0.211. The summed E-state index contributed by atoms with van der Waals surface area (Å²) in [6.07, 6.45) is 0.211. The molecule has 0 aromatic heterocycles. The summed E-state index contributed by atoms with van der Waals surface area (Å²) in [5, 5.41) is 3.28. The zero-order valence-corrected chi connectivity index (χ0v) is 8.82. The van der Waals surface area contributed by atoms with Gasteiger partial charge in [0.1, 0.15) is 0 Å². The number of ether oxygens (including phenoxy) is 2. The molecule has 1 aliphatic heterocycles. The Hall–Kier alpha value is -0.900. The molecule has 1 N–H and O–H groups in total. The standard InChI is InChI=1S/C12H17NO2/c1-2-4-11(5-3-1)9-14-10-12-8-13-6-7-15-12/h1-5,12-13H,6-10H2/t12-/m1/s1. The van der Waals surface area contributed by atoms with Crippen LogP contribution in [-0.4, -0.2) is 32.4 Å². The molecule has 1 aliphatic rings. The van der Waals surface area contributed by atoms with E-state index >= 15 is 0 Å². The number of morpholine rings is 1. The summed E-state index contributed by atoms with van der Waals surface area (Å²) in [7, 11) is 0. The van der Waals surface area contributed by atoms with Crippen molar-refractivity contribution in [2.24, 2.45) is 0 Å². The van der Waals surface area contributed by atoms with Crippen molar-refractivity contribution < 1.29 is 9.47 Å². The van der Waals surface area contributed by atoms with Gasteiger partial charge >= 0.3 is 0 Å². The smallest absolute Gasteiger partial charge is 0.0933 e. The molecule has 1 aromatic rings. The van der Waals surface area contributed by atoms with Gasteiger partial charge in [-0.05, 0) is 5.56 Å². The molecule has 1 fully saturated rings. The second-order valence-electron chi connectivity index (χ2n) is 3.70. The number of hydrogen-bond acceptors (Lipinski definition) is 3. The number of nitrogens with one attached hydrogen (secondary N) is 1. The van der Waals surface area contributed by atoms with Gasteiger partial charge in [-0.2, -0.15) is 0 Å². The molecule has 1 aromatic carbocycles. The van der Waals surface area contributed by atoms with Crippen LogP contribution in [0.1, 0.15) is 5.56 Å². The molecule has 2 rings (SSSR count). The molecule has 0 bridgehead atoms. The molecule has 0 saturated carbocycles. The van der Waals surface area contributed by atoms with Crippen LogP contribution in [-0.2, 0) is 16.1 Å². The number of benzene rings is 1. The molecule has 3 heteroatoms. The highest BCUT2D eigenvalue weighted by atomic mass is 16.5. The van der Waals surface area contributed by atoms with Gasteiger partial charge < -0.3 is 14.8 Å². The van der Waals surface area contributed by atoms with E-state index in [0.29, 0.717) is 13.2 Å². The van der Waals surface area contributed by atoms with Crippen molar-refractivity contribution in [1.29, 1.82) is 0 Å². The lowest BCUT2D eigenvalue weighted by Crippen LogP contribution is -2.40. The van der Waals surface area contributed by atoms with Crippen LogP contribution < -0.4 is 5.32 Å². The Morgan fingerprint density at radius 2 is 2.20 bits per heavy atom. The average Bonchev–Trinajstić information content (AvgIpc) is 2.32. The highest BCUT2D eigenvalue weighted by Gasteiger charge is 2.12. The van der Waals surface area contributed by atoms with Crippen molar-refractivity contribution in [3.8, 4) is 0 Å². The fraction of sp³-hybridized carbons (Fsp3) is 0.500. The maximum Gasteiger partial charge on any atom is 0.0933 e. The highest BCUT2D eigenvalue weighted by molar-refractivity contribution is 5.13. The lowest BCUT2D eigenvalue weighted by molar-refractivity contribution is -0.0357. The Labute approximate surface area is 90.4 Å². The molecular weight excluding hydrogens is 190 g/mol. The fourth-order valence-electron chi connectivity index (χ4n) is 1.61. The third-order valence-corrected chi connectivity index (χ3v) is 2.42. The number of hydrogen-bond donors (Lipinski definition) is 1. The predicted octanol–water partition coefficient (Wildman–Crippen LogP) is 1.19. The van der Waals surface area contributed by atoms with E-state index in [1.165, 1.54) is 5.56 Å². The van der Waals surface area contributed by atoms with Gasteiger partial charge in [0, 0.05) is 13.1 Å². The first-order chi connectivity index (χ1) is 7.45. The van der Waals surface area contributed by atoms with Crippen LogP contribution >= 0.6 is 0 Å². The van der Waals surface area contributed by atoms with Crippen molar-refractivity contribution in [3.63, 3.8) is 0 Å². The summed E-state index contributed by atoms with van der Waals surface area (Å²) in [4.78, 5) is 0. The first-order valence-corrected chi connectivity index (χ1v) is 5.39. The Bertz CT molecular complexity index is 270. The summed E-state index contributed by atoms with van der Waals surface area (Å²) in [5.41, 5.74) is 1.21. The lowest BCUT2D eigenvalue weighted by atomic mass is 10.2. The van der Waals surface area contributed by atoms with Crippen molar-refractivity contribution in [2.45, 2.75) is 12.7 Å². The van der Waals surface area contributed by atoms with E-state index in [4.69, 9.17) is 9.47 Å². The average molecular weight is 207 g/mol. The summed E-state index contributed by atoms with van der Waals surface area (Å²) in [6, 6.07) is 10.2. The zero-order chi connectivity index (χ0) is 10.3. The molecule has 0 unspecified atom stereocenters. The predicted molar refractivity (Wildman–Crippen MR) is 58.7 cm³/mol. The molecule has 3 nitrogen and oxygen atoms in total. The molecule has 1 atom stereocenters. The van der Waals surface area contributed by atoms with Gasteiger partial charge in [0.05, 0.1) is 25.9 Å². The highest BCUT2D eigenvalue weighted by Crippen LogP contribution is 2.03. The second-order valence-corrected chi connectivity index (χ2v) is 3.70. The van der Waals surface area contributed by atoms with Gasteiger partial charge in [-0.15, -0.1) is 0 Å². The van der Waals surface area contributed by atoms with Gasteiger partial charge in [0.2, 0.25) is 0 Å². The van der Waals surface area contributed by atoms with Gasteiger partial charge in [-0.3, -0.25) is 0 Å². The van der Waals surface area contributed by atoms with Crippen molar-refractivity contribution in [3.05, 3.63) is 35.9 Å². The molecule has 1 heterocycles. The van der Waals surface area contributed by atoms with E-state index in [2.05, 4.69) is 17.4 Å². The maximum atomic E-state index is 5.59. The van der Waals surface area contributed by atoms with Crippen molar-refractivity contribution in [2.75, 3.05) is 26.3 Å². The van der Waals surface area contributed by atoms with Gasteiger partial charge in [0.15, 0.2) is 0 Å². The maximum absolute atomic E-state index is 5.59. The molecule has 0 aliphatic carbocycles. The van der Waals surface area contributed by atoms with Crippen molar-refractivity contribution >= 4 is 0 Å². The Morgan fingerprint density at radius 3 is 2.93 bits per heavy atom. The minimum Gasteiger partial charge on any atom is -0.374 e. The summed E-state index contributed by atoms with van der Waals surface area (Å²) in [5.74, 6) is 0. The van der Waals surface area contributed by atoms with Crippen LogP contribution in [0.4, 0.5) is 0 Å². The van der Waals surface area contributed by atoms with Gasteiger partial charge in [-0.25, -0.2) is 0 Å². The quantitative estimate of drug-likeness (QED) is 0.804. The van der Waals surface area contributed by atoms with Crippen LogP contribution in [0.5, 0.6) is 0 Å². The number of rotatable bonds is 4. The molecule has 1 saturated heterocycles.